The average Bonchev–Trinajstić information content (AvgIpc) is 2.28. The van der Waals surface area contributed by atoms with E-state index in [4.69, 9.17) is 0 Å². The molecule has 2 N–H and O–H groups in total. The van der Waals surface area contributed by atoms with Crippen molar-refractivity contribution >= 4 is 5.82 Å². The summed E-state index contributed by atoms with van der Waals surface area (Å²) in [7, 11) is 1.73. The normalized spacial score (nSPS) is 10.1. The number of phenolic OH excluding ortho intramolecular Hbond substituents is 1. The highest BCUT2D eigenvalue weighted by molar-refractivity contribution is 5.59. The molecule has 2 aromatic rings. The highest BCUT2D eigenvalue weighted by Crippen LogP contribution is 2.22. The molecule has 0 amide bonds. The fourth-order valence-electron chi connectivity index (χ4n) is 1.34. The molecule has 82 valence electrons. The van der Waals surface area contributed by atoms with Gasteiger partial charge in [-0.3, -0.25) is 0 Å². The number of halogens is 1. The van der Waals surface area contributed by atoms with Crippen molar-refractivity contribution in [3.05, 3.63) is 36.3 Å². The van der Waals surface area contributed by atoms with Crippen molar-refractivity contribution in [1.29, 1.82) is 0 Å². The van der Waals surface area contributed by atoms with Crippen LogP contribution in [0.4, 0.5) is 10.2 Å². The lowest BCUT2D eigenvalue weighted by atomic mass is 10.2. The first kappa shape index (κ1) is 10.4. The largest absolute Gasteiger partial charge is 0.508 e. The molecule has 16 heavy (non-hydrogen) atoms. The van der Waals surface area contributed by atoms with Gasteiger partial charge in [-0.2, -0.15) is 0 Å². The van der Waals surface area contributed by atoms with Crippen molar-refractivity contribution in [3.8, 4) is 17.1 Å². The molecule has 0 spiro atoms. The van der Waals surface area contributed by atoms with Crippen LogP contribution in [0.1, 0.15) is 0 Å². The summed E-state index contributed by atoms with van der Waals surface area (Å²) in [6.45, 7) is 0. The van der Waals surface area contributed by atoms with E-state index in [2.05, 4.69) is 15.3 Å². The zero-order chi connectivity index (χ0) is 11.5. The summed E-state index contributed by atoms with van der Waals surface area (Å²) in [4.78, 5) is 8.15. The zero-order valence-corrected chi connectivity index (χ0v) is 8.61. The quantitative estimate of drug-likeness (QED) is 0.811. The smallest absolute Gasteiger partial charge is 0.161 e. The van der Waals surface area contributed by atoms with Gasteiger partial charge in [0.05, 0.1) is 0 Å². The van der Waals surface area contributed by atoms with Crippen LogP contribution in [0.5, 0.6) is 5.75 Å². The van der Waals surface area contributed by atoms with Gasteiger partial charge in [-0.05, 0) is 18.2 Å². The summed E-state index contributed by atoms with van der Waals surface area (Å²) in [6.07, 6.45) is 1.57. The summed E-state index contributed by atoms with van der Waals surface area (Å²) in [5, 5.41) is 12.1. The fraction of sp³-hybridized carbons (Fsp3) is 0.0909. The van der Waals surface area contributed by atoms with Crippen LogP contribution in [0.2, 0.25) is 0 Å². The van der Waals surface area contributed by atoms with Crippen LogP contribution in [0.15, 0.2) is 30.5 Å². The van der Waals surface area contributed by atoms with Crippen molar-refractivity contribution in [3.63, 3.8) is 0 Å². The number of anilines is 1. The molecule has 0 aliphatic rings. The Morgan fingerprint density at radius 2 is 2.12 bits per heavy atom. The predicted molar refractivity (Wildman–Crippen MR) is 58.6 cm³/mol. The van der Waals surface area contributed by atoms with E-state index >= 15 is 0 Å². The number of aromatic hydroxyl groups is 1. The first-order valence-corrected chi connectivity index (χ1v) is 4.70. The Balaban J connectivity index is 2.49. The predicted octanol–water partition coefficient (Wildman–Crippen LogP) is 2.03. The van der Waals surface area contributed by atoms with Crippen LogP contribution < -0.4 is 5.32 Å². The van der Waals surface area contributed by atoms with E-state index in [1.54, 1.807) is 19.3 Å². The van der Waals surface area contributed by atoms with Gasteiger partial charge in [0.15, 0.2) is 5.82 Å². The third-order valence-electron chi connectivity index (χ3n) is 2.05. The second-order valence-corrected chi connectivity index (χ2v) is 3.21. The number of nitrogens with zero attached hydrogens (tertiary/aromatic N) is 2. The standard InChI is InChI=1S/C11H10FN3O/c1-13-10-2-3-14-11(15-10)7-4-8(12)6-9(16)5-7/h2-6,16H,1H3,(H,13,14,15). The molecule has 0 atom stereocenters. The Kier molecular flexibility index (Phi) is 2.68. The van der Waals surface area contributed by atoms with Gasteiger partial charge in [-0.1, -0.05) is 0 Å². The van der Waals surface area contributed by atoms with Crippen LogP contribution in [0.25, 0.3) is 11.4 Å². The molecule has 0 aliphatic heterocycles. The number of rotatable bonds is 2. The van der Waals surface area contributed by atoms with E-state index in [1.165, 1.54) is 12.1 Å². The van der Waals surface area contributed by atoms with Crippen molar-refractivity contribution in [2.45, 2.75) is 0 Å². The zero-order valence-electron chi connectivity index (χ0n) is 8.61. The van der Waals surface area contributed by atoms with Crippen LogP contribution in [-0.4, -0.2) is 22.1 Å². The van der Waals surface area contributed by atoms with E-state index in [1.807, 2.05) is 0 Å². The van der Waals surface area contributed by atoms with Crippen LogP contribution in [-0.2, 0) is 0 Å². The van der Waals surface area contributed by atoms with Gasteiger partial charge in [0.25, 0.3) is 0 Å². The van der Waals surface area contributed by atoms with E-state index < -0.39 is 5.82 Å². The summed E-state index contributed by atoms with van der Waals surface area (Å²) in [5.41, 5.74) is 0.439. The van der Waals surface area contributed by atoms with E-state index in [0.717, 1.165) is 6.07 Å². The van der Waals surface area contributed by atoms with Gasteiger partial charge in [0, 0.05) is 24.9 Å². The Bertz CT molecular complexity index is 496. The van der Waals surface area contributed by atoms with Crippen molar-refractivity contribution in [2.75, 3.05) is 12.4 Å². The Hall–Kier alpha value is -2.17. The van der Waals surface area contributed by atoms with Crippen LogP contribution in [0.3, 0.4) is 0 Å². The topological polar surface area (TPSA) is 58.0 Å². The second-order valence-electron chi connectivity index (χ2n) is 3.21. The lowest BCUT2D eigenvalue weighted by Crippen LogP contribution is -1.95. The van der Waals surface area contributed by atoms with Crippen LogP contribution >= 0.6 is 0 Å². The van der Waals surface area contributed by atoms with Crippen molar-refractivity contribution in [1.82, 2.24) is 9.97 Å². The third kappa shape index (κ3) is 2.08. The van der Waals surface area contributed by atoms with E-state index in [0.29, 0.717) is 17.2 Å². The van der Waals surface area contributed by atoms with Crippen LogP contribution in [0, 0.1) is 5.82 Å². The van der Waals surface area contributed by atoms with Gasteiger partial charge < -0.3 is 10.4 Å². The third-order valence-corrected chi connectivity index (χ3v) is 2.05. The number of nitrogens with one attached hydrogen (secondary N) is 1. The van der Waals surface area contributed by atoms with E-state index in [9.17, 15) is 9.50 Å². The molecule has 0 fully saturated rings. The van der Waals surface area contributed by atoms with E-state index in [-0.39, 0.29) is 5.75 Å². The molecular formula is C11H10FN3O. The first-order chi connectivity index (χ1) is 7.69. The average molecular weight is 219 g/mol. The summed E-state index contributed by atoms with van der Waals surface area (Å²) in [6, 6.07) is 5.42. The lowest BCUT2D eigenvalue weighted by Gasteiger charge is -2.03. The monoisotopic (exact) mass is 219 g/mol. The molecule has 0 saturated carbocycles. The minimum Gasteiger partial charge on any atom is -0.508 e. The van der Waals surface area contributed by atoms with Crippen molar-refractivity contribution < 1.29 is 9.50 Å². The molecule has 1 aromatic carbocycles. The molecule has 0 unspecified atom stereocenters. The Labute approximate surface area is 91.8 Å². The molecule has 4 nitrogen and oxygen atoms in total. The maximum absolute atomic E-state index is 13.1. The van der Waals surface area contributed by atoms with Gasteiger partial charge in [-0.15, -0.1) is 0 Å². The Morgan fingerprint density at radius 1 is 1.31 bits per heavy atom. The van der Waals surface area contributed by atoms with Gasteiger partial charge in [-0.25, -0.2) is 14.4 Å². The lowest BCUT2D eigenvalue weighted by molar-refractivity contribution is 0.469. The van der Waals surface area contributed by atoms with Gasteiger partial charge in [0.2, 0.25) is 0 Å². The molecule has 0 radical (unpaired) electrons. The first-order valence-electron chi connectivity index (χ1n) is 4.70. The molecule has 1 aromatic heterocycles. The number of benzene rings is 1. The number of hydrogen-bond acceptors (Lipinski definition) is 4. The highest BCUT2D eigenvalue weighted by atomic mass is 19.1. The summed E-state index contributed by atoms with van der Waals surface area (Å²) >= 11 is 0. The minimum atomic E-state index is -0.520. The fourth-order valence-corrected chi connectivity index (χ4v) is 1.34. The molecule has 5 heteroatoms. The molecule has 1 heterocycles. The molecular weight excluding hydrogens is 209 g/mol. The van der Waals surface area contributed by atoms with Gasteiger partial charge in [0.1, 0.15) is 17.4 Å². The molecule has 0 saturated heterocycles. The number of phenols is 1. The highest BCUT2D eigenvalue weighted by Gasteiger charge is 2.05. The summed E-state index contributed by atoms with van der Waals surface area (Å²) < 4.78 is 13.1. The SMILES string of the molecule is CNc1ccnc(-c2cc(O)cc(F)c2)n1. The molecule has 0 aliphatic carbocycles. The molecule has 2 rings (SSSR count). The Morgan fingerprint density at radius 3 is 2.81 bits per heavy atom. The molecule has 0 bridgehead atoms. The number of hydrogen-bond donors (Lipinski definition) is 2. The van der Waals surface area contributed by atoms with Gasteiger partial charge >= 0.3 is 0 Å². The minimum absolute atomic E-state index is 0.145. The maximum atomic E-state index is 13.1. The number of aromatic nitrogens is 2. The maximum Gasteiger partial charge on any atom is 0.161 e. The summed E-state index contributed by atoms with van der Waals surface area (Å²) in [5.74, 6) is 0.331. The van der Waals surface area contributed by atoms with Crippen molar-refractivity contribution in [2.24, 2.45) is 0 Å². The second kappa shape index (κ2) is 4.14.